The van der Waals surface area contributed by atoms with Gasteiger partial charge in [0, 0.05) is 11.6 Å². The molecule has 3 rings (SSSR count). The van der Waals surface area contributed by atoms with Crippen LogP contribution in [0.5, 0.6) is 0 Å². The molecule has 0 spiro atoms. The SMILES string of the molecule is C[Si](C)(C)/C=C(\c1ccc(F)cc1)[Si](C)(C)c1cccc2cccnc12. The predicted molar refractivity (Wildman–Crippen MR) is 117 cm³/mol. The molecule has 1 heterocycles. The van der Waals surface area contributed by atoms with Gasteiger partial charge in [0.05, 0.1) is 13.6 Å². The molecule has 1 nitrogen and oxygen atoms in total. The van der Waals surface area contributed by atoms with E-state index in [4.69, 9.17) is 4.98 Å². The van der Waals surface area contributed by atoms with Gasteiger partial charge in [-0.05, 0) is 28.9 Å². The second-order valence-corrected chi connectivity index (χ2v) is 17.8. The summed E-state index contributed by atoms with van der Waals surface area (Å²) in [5.74, 6) is -0.188. The van der Waals surface area contributed by atoms with Crippen molar-refractivity contribution in [2.45, 2.75) is 32.7 Å². The zero-order valence-electron chi connectivity index (χ0n) is 16.2. The lowest BCUT2D eigenvalue weighted by Gasteiger charge is -2.30. The highest BCUT2D eigenvalue weighted by Gasteiger charge is 2.32. The number of para-hydroxylation sites is 1. The maximum Gasteiger partial charge on any atom is 0.123 e. The first-order valence-electron chi connectivity index (χ1n) is 9.02. The van der Waals surface area contributed by atoms with E-state index < -0.39 is 16.1 Å². The van der Waals surface area contributed by atoms with E-state index in [-0.39, 0.29) is 5.82 Å². The van der Waals surface area contributed by atoms with Crippen LogP contribution in [0, 0.1) is 5.82 Å². The number of pyridine rings is 1. The van der Waals surface area contributed by atoms with Crippen LogP contribution in [0.2, 0.25) is 32.7 Å². The predicted octanol–water partition coefficient (Wildman–Crippen LogP) is 5.79. The summed E-state index contributed by atoms with van der Waals surface area (Å²) in [6.07, 6.45) is 1.87. The molecule has 0 radical (unpaired) electrons. The average molecular weight is 380 g/mol. The Morgan fingerprint density at radius 2 is 1.54 bits per heavy atom. The Morgan fingerprint density at radius 1 is 0.885 bits per heavy atom. The van der Waals surface area contributed by atoms with E-state index in [9.17, 15) is 4.39 Å². The van der Waals surface area contributed by atoms with Crippen LogP contribution < -0.4 is 5.19 Å². The van der Waals surface area contributed by atoms with Crippen molar-refractivity contribution in [3.63, 3.8) is 0 Å². The summed E-state index contributed by atoms with van der Waals surface area (Å²) in [7, 11) is -3.50. The van der Waals surface area contributed by atoms with Crippen LogP contribution in [-0.4, -0.2) is 21.1 Å². The van der Waals surface area contributed by atoms with Crippen LogP contribution in [-0.2, 0) is 0 Å². The molecule has 0 bridgehead atoms. The third-order valence-corrected chi connectivity index (χ3v) is 9.69. The van der Waals surface area contributed by atoms with Gasteiger partial charge >= 0.3 is 0 Å². The maximum atomic E-state index is 13.5. The van der Waals surface area contributed by atoms with E-state index in [1.165, 1.54) is 15.8 Å². The number of benzene rings is 2. The van der Waals surface area contributed by atoms with Crippen molar-refractivity contribution in [1.29, 1.82) is 0 Å². The standard InChI is InChI=1S/C22H26FNSi2/c1-25(2,3)16-21(17-11-13-19(23)14-12-17)26(4,5)20-10-6-8-18-9-7-15-24-22(18)20/h6-16H,1-5H3/b21-16+. The topological polar surface area (TPSA) is 12.9 Å². The normalized spacial score (nSPS) is 13.2. The van der Waals surface area contributed by atoms with E-state index >= 15 is 0 Å². The summed E-state index contributed by atoms with van der Waals surface area (Å²) < 4.78 is 13.5. The first kappa shape index (κ1) is 18.7. The molecular weight excluding hydrogens is 353 g/mol. The molecule has 0 saturated carbocycles. The fourth-order valence-electron chi connectivity index (χ4n) is 3.44. The Balaban J connectivity index is 2.25. The molecule has 2 aromatic carbocycles. The van der Waals surface area contributed by atoms with Crippen LogP contribution in [0.15, 0.2) is 66.5 Å². The molecule has 0 aliphatic carbocycles. The molecule has 0 atom stereocenters. The molecule has 0 unspecified atom stereocenters. The van der Waals surface area contributed by atoms with Crippen molar-refractivity contribution >= 4 is 37.4 Å². The van der Waals surface area contributed by atoms with E-state index in [1.54, 1.807) is 12.1 Å². The minimum atomic E-state index is -2.03. The quantitative estimate of drug-likeness (QED) is 0.523. The molecule has 1 aromatic heterocycles. The van der Waals surface area contributed by atoms with Gasteiger partial charge in [-0.1, -0.05) is 80.0 Å². The minimum absolute atomic E-state index is 0.188. The van der Waals surface area contributed by atoms with E-state index in [0.29, 0.717) is 0 Å². The van der Waals surface area contributed by atoms with Gasteiger partial charge in [-0.2, -0.15) is 0 Å². The summed E-state index contributed by atoms with van der Waals surface area (Å²) in [6.45, 7) is 11.8. The highest BCUT2D eigenvalue weighted by atomic mass is 28.3. The highest BCUT2D eigenvalue weighted by Crippen LogP contribution is 2.30. The number of aromatic nitrogens is 1. The smallest absolute Gasteiger partial charge is 0.123 e. The molecule has 3 aromatic rings. The van der Waals surface area contributed by atoms with Crippen molar-refractivity contribution in [3.8, 4) is 0 Å². The van der Waals surface area contributed by atoms with Crippen LogP contribution >= 0.6 is 0 Å². The van der Waals surface area contributed by atoms with Gasteiger partial charge in [-0.25, -0.2) is 4.39 Å². The summed E-state index contributed by atoms with van der Waals surface area (Å²) in [5, 5.41) is 3.90. The highest BCUT2D eigenvalue weighted by molar-refractivity contribution is 7.07. The molecule has 134 valence electrons. The van der Waals surface area contributed by atoms with Crippen LogP contribution in [0.1, 0.15) is 5.56 Å². The molecular formula is C22H26FNSi2. The van der Waals surface area contributed by atoms with E-state index in [0.717, 1.165) is 11.1 Å². The Kier molecular flexibility index (Phi) is 4.99. The lowest BCUT2D eigenvalue weighted by molar-refractivity contribution is 0.627. The molecule has 0 fully saturated rings. The minimum Gasteiger partial charge on any atom is -0.256 e. The largest absolute Gasteiger partial charge is 0.256 e. The third kappa shape index (κ3) is 3.86. The summed E-state index contributed by atoms with van der Waals surface area (Å²) >= 11 is 0. The molecule has 0 aliphatic heterocycles. The fraction of sp³-hybridized carbons (Fsp3) is 0.227. The van der Waals surface area contributed by atoms with Crippen molar-refractivity contribution in [1.82, 2.24) is 4.98 Å². The Labute approximate surface area is 157 Å². The number of hydrogen-bond donors (Lipinski definition) is 0. The van der Waals surface area contributed by atoms with Crippen molar-refractivity contribution in [2.24, 2.45) is 0 Å². The Bertz CT molecular complexity index is 949. The molecule has 4 heteroatoms. The number of nitrogens with zero attached hydrogens (tertiary/aromatic N) is 1. The van der Waals surface area contributed by atoms with Crippen molar-refractivity contribution < 1.29 is 4.39 Å². The number of halogens is 1. The first-order valence-corrected chi connectivity index (χ1v) is 15.6. The van der Waals surface area contributed by atoms with Gasteiger partial charge in [0.1, 0.15) is 13.9 Å². The second-order valence-electron chi connectivity index (χ2n) is 8.44. The van der Waals surface area contributed by atoms with Crippen molar-refractivity contribution in [2.75, 3.05) is 0 Å². The Morgan fingerprint density at radius 3 is 2.19 bits per heavy atom. The Hall–Kier alpha value is -2.05. The number of hydrogen-bond acceptors (Lipinski definition) is 1. The van der Waals surface area contributed by atoms with Crippen LogP contribution in [0.3, 0.4) is 0 Å². The lowest BCUT2D eigenvalue weighted by atomic mass is 10.2. The fourth-order valence-corrected chi connectivity index (χ4v) is 9.71. The lowest BCUT2D eigenvalue weighted by Crippen LogP contribution is -2.44. The molecule has 0 N–H and O–H groups in total. The first-order chi connectivity index (χ1) is 12.2. The molecule has 0 saturated heterocycles. The molecule has 0 amide bonds. The van der Waals surface area contributed by atoms with Gasteiger partial charge in [0.25, 0.3) is 0 Å². The second kappa shape index (κ2) is 6.93. The van der Waals surface area contributed by atoms with Gasteiger partial charge in [-0.15, -0.1) is 0 Å². The van der Waals surface area contributed by atoms with E-state index in [1.807, 2.05) is 24.4 Å². The number of rotatable bonds is 4. The van der Waals surface area contributed by atoms with Gasteiger partial charge < -0.3 is 0 Å². The third-order valence-electron chi connectivity index (χ3n) is 4.71. The maximum absolute atomic E-state index is 13.5. The monoisotopic (exact) mass is 379 g/mol. The number of fused-ring (bicyclic) bond motifs is 1. The summed E-state index contributed by atoms with van der Waals surface area (Å²) in [4.78, 5) is 4.69. The zero-order valence-corrected chi connectivity index (χ0v) is 18.2. The van der Waals surface area contributed by atoms with Crippen molar-refractivity contribution in [3.05, 3.63) is 77.9 Å². The van der Waals surface area contributed by atoms with Gasteiger partial charge in [0.15, 0.2) is 0 Å². The summed E-state index contributed by atoms with van der Waals surface area (Å²) in [5.41, 5.74) is 4.72. The average Bonchev–Trinajstić information content (AvgIpc) is 2.59. The van der Waals surface area contributed by atoms with Gasteiger partial charge in [-0.3, -0.25) is 4.98 Å². The van der Waals surface area contributed by atoms with Crippen LogP contribution in [0.4, 0.5) is 4.39 Å². The van der Waals surface area contributed by atoms with Gasteiger partial charge in [0.2, 0.25) is 0 Å². The molecule has 26 heavy (non-hydrogen) atoms. The van der Waals surface area contributed by atoms with E-state index in [2.05, 4.69) is 62.7 Å². The van der Waals surface area contributed by atoms with Crippen LogP contribution in [0.25, 0.3) is 16.1 Å². The summed E-state index contributed by atoms with van der Waals surface area (Å²) in [6, 6.07) is 17.6. The zero-order chi connectivity index (χ0) is 18.9. The molecule has 0 aliphatic rings.